The first-order valence-electron chi connectivity index (χ1n) is 8.24. The SMILES string of the molecule is O=C(COC(=O)C1(c2ccc(Cl)cc2)CCCC1)c1ccccc1F. The van der Waals surface area contributed by atoms with Crippen molar-refractivity contribution in [1.82, 2.24) is 0 Å². The quantitative estimate of drug-likeness (QED) is 0.572. The van der Waals surface area contributed by atoms with Crippen LogP contribution in [0.4, 0.5) is 4.39 Å². The van der Waals surface area contributed by atoms with Gasteiger partial charge in [0.15, 0.2) is 6.61 Å². The number of hydrogen-bond donors (Lipinski definition) is 0. The number of ether oxygens (including phenoxy) is 1. The van der Waals surface area contributed by atoms with Gasteiger partial charge < -0.3 is 4.74 Å². The highest BCUT2D eigenvalue weighted by Crippen LogP contribution is 2.42. The largest absolute Gasteiger partial charge is 0.457 e. The molecule has 3 rings (SSSR count). The third-order valence-electron chi connectivity index (χ3n) is 4.75. The van der Waals surface area contributed by atoms with Gasteiger partial charge in [-0.05, 0) is 42.7 Å². The van der Waals surface area contributed by atoms with Gasteiger partial charge in [0, 0.05) is 5.02 Å². The first kappa shape index (κ1) is 17.6. The zero-order chi connectivity index (χ0) is 17.9. The number of rotatable bonds is 5. The van der Waals surface area contributed by atoms with Crippen molar-refractivity contribution in [3.63, 3.8) is 0 Å². The van der Waals surface area contributed by atoms with Gasteiger partial charge in [0.1, 0.15) is 5.82 Å². The van der Waals surface area contributed by atoms with Crippen LogP contribution >= 0.6 is 11.6 Å². The maximum Gasteiger partial charge on any atom is 0.317 e. The molecule has 0 heterocycles. The van der Waals surface area contributed by atoms with Crippen LogP contribution in [0.15, 0.2) is 48.5 Å². The Labute approximate surface area is 150 Å². The molecule has 130 valence electrons. The van der Waals surface area contributed by atoms with Crippen LogP contribution in [-0.2, 0) is 14.9 Å². The number of esters is 1. The van der Waals surface area contributed by atoms with E-state index in [-0.39, 0.29) is 5.56 Å². The van der Waals surface area contributed by atoms with Gasteiger partial charge in [0.2, 0.25) is 5.78 Å². The molecule has 0 atom stereocenters. The minimum Gasteiger partial charge on any atom is -0.457 e. The fourth-order valence-corrected chi connectivity index (χ4v) is 3.52. The van der Waals surface area contributed by atoms with Crippen LogP contribution in [0.5, 0.6) is 0 Å². The summed E-state index contributed by atoms with van der Waals surface area (Å²) in [6, 6.07) is 12.8. The van der Waals surface area contributed by atoms with E-state index in [1.165, 1.54) is 18.2 Å². The van der Waals surface area contributed by atoms with Crippen molar-refractivity contribution in [3.8, 4) is 0 Å². The van der Waals surface area contributed by atoms with E-state index in [0.717, 1.165) is 18.4 Å². The van der Waals surface area contributed by atoms with Crippen LogP contribution in [0.25, 0.3) is 0 Å². The Balaban J connectivity index is 1.75. The minimum atomic E-state index is -0.750. The lowest BCUT2D eigenvalue weighted by Crippen LogP contribution is -2.35. The van der Waals surface area contributed by atoms with Crippen LogP contribution < -0.4 is 0 Å². The van der Waals surface area contributed by atoms with Crippen LogP contribution in [-0.4, -0.2) is 18.4 Å². The van der Waals surface area contributed by atoms with Gasteiger partial charge in [-0.1, -0.05) is 48.7 Å². The highest BCUT2D eigenvalue weighted by Gasteiger charge is 2.44. The lowest BCUT2D eigenvalue weighted by atomic mass is 9.79. The Kier molecular flexibility index (Phi) is 5.19. The van der Waals surface area contributed by atoms with Crippen LogP contribution in [0.3, 0.4) is 0 Å². The normalized spacial score (nSPS) is 15.8. The van der Waals surface area contributed by atoms with Crippen molar-refractivity contribution >= 4 is 23.4 Å². The first-order chi connectivity index (χ1) is 12.0. The molecule has 5 heteroatoms. The van der Waals surface area contributed by atoms with Crippen molar-refractivity contribution in [3.05, 3.63) is 70.5 Å². The van der Waals surface area contributed by atoms with E-state index in [1.54, 1.807) is 18.2 Å². The van der Waals surface area contributed by atoms with Crippen molar-refractivity contribution in [2.24, 2.45) is 0 Å². The lowest BCUT2D eigenvalue weighted by Gasteiger charge is -2.27. The molecule has 2 aromatic rings. The second-order valence-corrected chi connectivity index (χ2v) is 6.71. The minimum absolute atomic E-state index is 0.0673. The van der Waals surface area contributed by atoms with Gasteiger partial charge in [0.05, 0.1) is 11.0 Å². The van der Waals surface area contributed by atoms with Gasteiger partial charge >= 0.3 is 5.97 Å². The van der Waals surface area contributed by atoms with Gasteiger partial charge in [-0.2, -0.15) is 0 Å². The third kappa shape index (κ3) is 3.59. The molecule has 0 radical (unpaired) electrons. The second kappa shape index (κ2) is 7.36. The standard InChI is InChI=1S/C20H18ClFO3/c21-15-9-7-14(8-10-15)20(11-3-4-12-20)19(24)25-13-18(23)16-5-1-2-6-17(16)22/h1-2,5-10H,3-4,11-13H2. The van der Waals surface area contributed by atoms with Crippen molar-refractivity contribution in [2.75, 3.05) is 6.61 Å². The molecular formula is C20H18ClFO3. The molecule has 0 bridgehead atoms. The Morgan fingerprint density at radius 2 is 1.68 bits per heavy atom. The molecule has 1 aliphatic rings. The Bertz CT molecular complexity index is 780. The zero-order valence-corrected chi connectivity index (χ0v) is 14.4. The number of hydrogen-bond acceptors (Lipinski definition) is 3. The van der Waals surface area contributed by atoms with E-state index in [2.05, 4.69) is 0 Å². The monoisotopic (exact) mass is 360 g/mol. The highest BCUT2D eigenvalue weighted by molar-refractivity contribution is 6.30. The molecule has 0 N–H and O–H groups in total. The molecule has 2 aromatic carbocycles. The summed E-state index contributed by atoms with van der Waals surface area (Å²) in [5.74, 6) is -1.59. The first-order valence-corrected chi connectivity index (χ1v) is 8.62. The number of halogens is 2. The van der Waals surface area contributed by atoms with Crippen molar-refractivity contribution in [1.29, 1.82) is 0 Å². The van der Waals surface area contributed by atoms with E-state index in [4.69, 9.17) is 16.3 Å². The summed E-state index contributed by atoms with van der Waals surface area (Å²) in [5, 5.41) is 0.597. The van der Waals surface area contributed by atoms with E-state index in [1.807, 2.05) is 12.1 Å². The number of carbonyl (C=O) groups is 2. The van der Waals surface area contributed by atoms with Gasteiger partial charge in [-0.3, -0.25) is 9.59 Å². The predicted molar refractivity (Wildman–Crippen MR) is 93.3 cm³/mol. The summed E-state index contributed by atoms with van der Waals surface area (Å²) in [4.78, 5) is 24.9. The predicted octanol–water partition coefficient (Wildman–Crippen LogP) is 4.72. The van der Waals surface area contributed by atoms with E-state index in [9.17, 15) is 14.0 Å². The summed E-state index contributed by atoms with van der Waals surface area (Å²) in [6.45, 7) is -0.463. The Hall–Kier alpha value is -2.20. The molecule has 3 nitrogen and oxygen atoms in total. The van der Waals surface area contributed by atoms with Crippen LogP contribution in [0.2, 0.25) is 5.02 Å². The topological polar surface area (TPSA) is 43.4 Å². The molecule has 0 saturated heterocycles. The fourth-order valence-electron chi connectivity index (χ4n) is 3.39. The summed E-state index contributed by atoms with van der Waals surface area (Å²) < 4.78 is 19.0. The lowest BCUT2D eigenvalue weighted by molar-refractivity contribution is -0.149. The smallest absolute Gasteiger partial charge is 0.317 e. The maximum absolute atomic E-state index is 13.7. The molecule has 1 aliphatic carbocycles. The van der Waals surface area contributed by atoms with E-state index < -0.39 is 29.6 Å². The van der Waals surface area contributed by atoms with Crippen molar-refractivity contribution in [2.45, 2.75) is 31.1 Å². The molecule has 1 fully saturated rings. The Morgan fingerprint density at radius 3 is 2.32 bits per heavy atom. The molecule has 0 aromatic heterocycles. The summed E-state index contributed by atoms with van der Waals surface area (Å²) in [7, 11) is 0. The van der Waals surface area contributed by atoms with Crippen LogP contribution in [0, 0.1) is 5.82 Å². The average Bonchev–Trinajstić information content (AvgIpc) is 3.11. The number of carbonyl (C=O) groups excluding carboxylic acids is 2. The third-order valence-corrected chi connectivity index (χ3v) is 5.01. The number of benzene rings is 2. The molecule has 25 heavy (non-hydrogen) atoms. The molecule has 1 saturated carbocycles. The molecule has 0 spiro atoms. The zero-order valence-electron chi connectivity index (χ0n) is 13.6. The average molecular weight is 361 g/mol. The van der Waals surface area contributed by atoms with Crippen molar-refractivity contribution < 1.29 is 18.7 Å². The number of ketones is 1. The van der Waals surface area contributed by atoms with E-state index in [0.29, 0.717) is 17.9 Å². The van der Waals surface area contributed by atoms with Gasteiger partial charge in [-0.15, -0.1) is 0 Å². The Morgan fingerprint density at radius 1 is 1.04 bits per heavy atom. The van der Waals surface area contributed by atoms with E-state index >= 15 is 0 Å². The highest BCUT2D eigenvalue weighted by atomic mass is 35.5. The fraction of sp³-hybridized carbons (Fsp3) is 0.300. The summed E-state index contributed by atoms with van der Waals surface area (Å²) in [5.41, 5.74) is 0.0279. The molecule has 0 unspecified atom stereocenters. The molecule has 0 amide bonds. The molecule has 0 aliphatic heterocycles. The van der Waals surface area contributed by atoms with Gasteiger partial charge in [-0.25, -0.2) is 4.39 Å². The maximum atomic E-state index is 13.7. The second-order valence-electron chi connectivity index (χ2n) is 6.28. The summed E-state index contributed by atoms with van der Waals surface area (Å²) in [6.07, 6.45) is 3.17. The summed E-state index contributed by atoms with van der Waals surface area (Å²) >= 11 is 5.93. The number of Topliss-reactive ketones (excluding diaryl/α,β-unsaturated/α-hetero) is 1. The van der Waals surface area contributed by atoms with Crippen LogP contribution in [0.1, 0.15) is 41.6 Å². The molecular weight excluding hydrogens is 343 g/mol. The van der Waals surface area contributed by atoms with Gasteiger partial charge in [0.25, 0.3) is 0 Å².